The molecule has 0 fully saturated rings. The van der Waals surface area contributed by atoms with E-state index in [1.807, 2.05) is 30.3 Å². The number of hydrogen-bond acceptors (Lipinski definition) is 4. The molecule has 104 valence electrons. The van der Waals surface area contributed by atoms with Crippen molar-refractivity contribution >= 4 is 17.9 Å². The summed E-state index contributed by atoms with van der Waals surface area (Å²) in [4.78, 5) is 22.0. The average molecular weight is 275 g/mol. The third-order valence-electron chi connectivity index (χ3n) is 2.38. The number of aromatic nitrogens is 2. The molecule has 20 heavy (non-hydrogen) atoms. The number of carbonyl (C=O) groups is 2. The summed E-state index contributed by atoms with van der Waals surface area (Å²) in [5, 5.41) is 14.9. The van der Waals surface area contributed by atoms with Gasteiger partial charge in [0.25, 0.3) is 0 Å². The summed E-state index contributed by atoms with van der Waals surface area (Å²) in [5.74, 6) is -0.768. The summed E-state index contributed by atoms with van der Waals surface area (Å²) in [6, 6.07) is 10.8. The molecule has 1 heterocycles. The fourth-order valence-electron chi connectivity index (χ4n) is 1.52. The van der Waals surface area contributed by atoms with Gasteiger partial charge in [-0.3, -0.25) is 14.8 Å². The van der Waals surface area contributed by atoms with Crippen molar-refractivity contribution < 1.29 is 19.4 Å². The molecule has 0 saturated heterocycles. The van der Waals surface area contributed by atoms with Gasteiger partial charge in [-0.1, -0.05) is 30.3 Å². The number of nitrogens with zero attached hydrogens (tertiary/aromatic N) is 2. The minimum absolute atomic E-state index is 0.155. The molecule has 1 aromatic heterocycles. The largest absolute Gasteiger partial charge is 0.480 e. The van der Waals surface area contributed by atoms with E-state index < -0.39 is 12.1 Å². The number of hydrogen-bond donors (Lipinski definition) is 2. The number of rotatable bonds is 5. The van der Waals surface area contributed by atoms with E-state index in [0.717, 1.165) is 5.56 Å². The van der Waals surface area contributed by atoms with Crippen LogP contribution < -0.4 is 5.32 Å². The van der Waals surface area contributed by atoms with Gasteiger partial charge in [-0.25, -0.2) is 4.79 Å². The molecule has 7 nitrogen and oxygen atoms in total. The first kappa shape index (κ1) is 13.6. The maximum absolute atomic E-state index is 11.5. The molecule has 2 N–H and O–H groups in total. The SMILES string of the molecule is O=C(O)Cn1ccc(NC(=O)OCc2ccccc2)n1. The van der Waals surface area contributed by atoms with Crippen molar-refractivity contribution in [2.24, 2.45) is 0 Å². The molecule has 0 saturated carbocycles. The van der Waals surface area contributed by atoms with Gasteiger partial charge in [-0.05, 0) is 5.56 Å². The van der Waals surface area contributed by atoms with Gasteiger partial charge in [0.1, 0.15) is 13.2 Å². The van der Waals surface area contributed by atoms with Gasteiger partial charge < -0.3 is 9.84 Å². The molecule has 7 heteroatoms. The van der Waals surface area contributed by atoms with Gasteiger partial charge in [-0.2, -0.15) is 5.10 Å². The van der Waals surface area contributed by atoms with Gasteiger partial charge in [0.05, 0.1) is 0 Å². The summed E-state index contributed by atoms with van der Waals surface area (Å²) in [6.07, 6.45) is 0.815. The maximum Gasteiger partial charge on any atom is 0.413 e. The summed E-state index contributed by atoms with van der Waals surface area (Å²) < 4.78 is 6.21. The van der Waals surface area contributed by atoms with E-state index in [9.17, 15) is 9.59 Å². The number of amides is 1. The Hall–Kier alpha value is -2.83. The lowest BCUT2D eigenvalue weighted by Gasteiger charge is -2.04. The Morgan fingerprint density at radius 2 is 2.00 bits per heavy atom. The van der Waals surface area contributed by atoms with Crippen LogP contribution in [0.25, 0.3) is 0 Å². The molecule has 0 aliphatic carbocycles. The van der Waals surface area contributed by atoms with Crippen LogP contribution in [-0.4, -0.2) is 26.9 Å². The summed E-state index contributed by atoms with van der Waals surface area (Å²) >= 11 is 0. The van der Waals surface area contributed by atoms with E-state index in [4.69, 9.17) is 9.84 Å². The van der Waals surface area contributed by atoms with Crippen LogP contribution >= 0.6 is 0 Å². The molecular weight excluding hydrogens is 262 g/mol. The topological polar surface area (TPSA) is 93.5 Å². The fraction of sp³-hybridized carbons (Fsp3) is 0.154. The number of anilines is 1. The highest BCUT2D eigenvalue weighted by Crippen LogP contribution is 2.05. The normalized spacial score (nSPS) is 10.0. The third kappa shape index (κ3) is 4.13. The predicted molar refractivity (Wildman–Crippen MR) is 70.1 cm³/mol. The third-order valence-corrected chi connectivity index (χ3v) is 2.38. The molecule has 1 aromatic carbocycles. The Morgan fingerprint density at radius 1 is 1.25 bits per heavy atom. The number of carbonyl (C=O) groups excluding carboxylic acids is 1. The minimum Gasteiger partial charge on any atom is -0.480 e. The van der Waals surface area contributed by atoms with Crippen LogP contribution in [0.3, 0.4) is 0 Å². The lowest BCUT2D eigenvalue weighted by atomic mass is 10.2. The highest BCUT2D eigenvalue weighted by Gasteiger charge is 2.07. The second-order valence-corrected chi connectivity index (χ2v) is 3.98. The summed E-state index contributed by atoms with van der Waals surface area (Å²) in [5.41, 5.74) is 0.874. The van der Waals surface area contributed by atoms with Crippen LogP contribution in [0.2, 0.25) is 0 Å². The lowest BCUT2D eigenvalue weighted by molar-refractivity contribution is -0.137. The predicted octanol–water partition coefficient (Wildman–Crippen LogP) is 1.72. The van der Waals surface area contributed by atoms with E-state index in [1.54, 1.807) is 0 Å². The van der Waals surface area contributed by atoms with Gasteiger partial charge in [0, 0.05) is 12.3 Å². The van der Waals surface area contributed by atoms with Crippen molar-refractivity contribution in [1.82, 2.24) is 9.78 Å². The standard InChI is InChI=1S/C13H13N3O4/c17-12(18)8-16-7-6-11(15-16)14-13(19)20-9-10-4-2-1-3-5-10/h1-7H,8-9H2,(H,17,18)(H,14,15,19). The van der Waals surface area contributed by atoms with Crippen molar-refractivity contribution in [1.29, 1.82) is 0 Å². The number of benzene rings is 1. The highest BCUT2D eigenvalue weighted by atomic mass is 16.5. The Kier molecular flexibility index (Phi) is 4.33. The highest BCUT2D eigenvalue weighted by molar-refractivity contribution is 5.83. The smallest absolute Gasteiger partial charge is 0.413 e. The molecule has 0 aliphatic rings. The zero-order chi connectivity index (χ0) is 14.4. The first-order valence-electron chi connectivity index (χ1n) is 5.86. The maximum atomic E-state index is 11.5. The second kappa shape index (κ2) is 6.37. The molecule has 0 unspecified atom stereocenters. The van der Waals surface area contributed by atoms with Crippen LogP contribution in [-0.2, 0) is 22.7 Å². The van der Waals surface area contributed by atoms with Crippen molar-refractivity contribution in [2.45, 2.75) is 13.2 Å². The van der Waals surface area contributed by atoms with Gasteiger partial charge >= 0.3 is 12.1 Å². The monoisotopic (exact) mass is 275 g/mol. The van der Waals surface area contributed by atoms with E-state index in [-0.39, 0.29) is 19.0 Å². The first-order valence-corrected chi connectivity index (χ1v) is 5.86. The molecule has 0 atom stereocenters. The molecule has 0 spiro atoms. The quantitative estimate of drug-likeness (QED) is 0.866. The van der Waals surface area contributed by atoms with Crippen LogP contribution in [0.4, 0.5) is 10.6 Å². The van der Waals surface area contributed by atoms with Crippen LogP contribution in [0.1, 0.15) is 5.56 Å². The van der Waals surface area contributed by atoms with E-state index >= 15 is 0 Å². The summed E-state index contributed by atoms with van der Waals surface area (Å²) in [7, 11) is 0. The molecule has 2 aromatic rings. The second-order valence-electron chi connectivity index (χ2n) is 3.98. The van der Waals surface area contributed by atoms with Crippen LogP contribution in [0.15, 0.2) is 42.6 Å². The Balaban J connectivity index is 1.82. The molecule has 0 aliphatic heterocycles. The zero-order valence-electron chi connectivity index (χ0n) is 10.5. The Labute approximate surface area is 114 Å². The number of carboxylic acid groups (broad SMARTS) is 1. The van der Waals surface area contributed by atoms with E-state index in [2.05, 4.69) is 10.4 Å². The lowest BCUT2D eigenvalue weighted by Crippen LogP contribution is -2.15. The van der Waals surface area contributed by atoms with Crippen LogP contribution in [0, 0.1) is 0 Å². The number of nitrogens with one attached hydrogen (secondary N) is 1. The summed E-state index contributed by atoms with van der Waals surface area (Å²) in [6.45, 7) is -0.108. The number of aliphatic carboxylic acids is 1. The van der Waals surface area contributed by atoms with Gasteiger partial charge in [-0.15, -0.1) is 0 Å². The fourth-order valence-corrected chi connectivity index (χ4v) is 1.52. The average Bonchev–Trinajstić information content (AvgIpc) is 2.84. The van der Waals surface area contributed by atoms with E-state index in [0.29, 0.717) is 0 Å². The van der Waals surface area contributed by atoms with Crippen LogP contribution in [0.5, 0.6) is 0 Å². The van der Waals surface area contributed by atoms with Crippen molar-refractivity contribution in [3.8, 4) is 0 Å². The number of carboxylic acids is 1. The Morgan fingerprint density at radius 3 is 2.70 bits per heavy atom. The zero-order valence-corrected chi connectivity index (χ0v) is 10.5. The number of ether oxygens (including phenoxy) is 1. The van der Waals surface area contributed by atoms with Crippen molar-refractivity contribution in [2.75, 3.05) is 5.32 Å². The van der Waals surface area contributed by atoms with Gasteiger partial charge in [0.15, 0.2) is 5.82 Å². The van der Waals surface area contributed by atoms with Gasteiger partial charge in [0.2, 0.25) is 0 Å². The molecule has 1 amide bonds. The minimum atomic E-state index is -1.01. The van der Waals surface area contributed by atoms with Crippen molar-refractivity contribution in [3.63, 3.8) is 0 Å². The molecule has 0 bridgehead atoms. The molecule has 2 rings (SSSR count). The van der Waals surface area contributed by atoms with Crippen molar-refractivity contribution in [3.05, 3.63) is 48.2 Å². The molecular formula is C13H13N3O4. The first-order chi connectivity index (χ1) is 9.63. The van der Waals surface area contributed by atoms with E-state index in [1.165, 1.54) is 16.9 Å². The Bertz CT molecular complexity index is 595. The molecule has 0 radical (unpaired) electrons.